The second-order valence-corrected chi connectivity index (χ2v) is 4.69. The van der Waals surface area contributed by atoms with Gasteiger partial charge in [0, 0.05) is 31.6 Å². The van der Waals surface area contributed by atoms with Crippen molar-refractivity contribution in [2.75, 3.05) is 18.4 Å². The van der Waals surface area contributed by atoms with E-state index in [1.54, 1.807) is 0 Å². The fourth-order valence-electron chi connectivity index (χ4n) is 2.17. The number of carboxylic acids is 1. The summed E-state index contributed by atoms with van der Waals surface area (Å²) < 4.78 is 0. The number of rotatable bonds is 6. The lowest BCUT2D eigenvalue weighted by Gasteiger charge is -2.20. The molecule has 2 rings (SSSR count). The van der Waals surface area contributed by atoms with Crippen molar-refractivity contribution in [3.63, 3.8) is 0 Å². The van der Waals surface area contributed by atoms with Gasteiger partial charge in [0.15, 0.2) is 0 Å². The van der Waals surface area contributed by atoms with E-state index < -0.39 is 5.97 Å². The van der Waals surface area contributed by atoms with Crippen LogP contribution >= 0.6 is 0 Å². The topological polar surface area (TPSA) is 87.1 Å². The summed E-state index contributed by atoms with van der Waals surface area (Å²) in [7, 11) is 0. The highest BCUT2D eigenvalue weighted by atomic mass is 16.4. The smallest absolute Gasteiger partial charge is 0.374 e. The van der Waals surface area contributed by atoms with Gasteiger partial charge in [0.1, 0.15) is 5.82 Å². The minimum absolute atomic E-state index is 0.112. The molecule has 0 radical (unpaired) electrons. The van der Waals surface area contributed by atoms with Gasteiger partial charge < -0.3 is 15.7 Å². The predicted molar refractivity (Wildman–Crippen MR) is 72.4 cm³/mol. The standard InChI is InChI=1S/C13H20N4O2/c1-2-3-4-6-15-11-9-8-14-7-5-10(9)16-12(17-11)13(18)19/h14H,2-8H2,1H3,(H,18,19)(H,15,16,17). The summed E-state index contributed by atoms with van der Waals surface area (Å²) in [5.74, 6) is -0.512. The molecule has 0 aliphatic carbocycles. The third kappa shape index (κ3) is 3.41. The normalized spacial score (nSPS) is 13.9. The van der Waals surface area contributed by atoms with Crippen LogP contribution in [0.4, 0.5) is 5.82 Å². The summed E-state index contributed by atoms with van der Waals surface area (Å²) in [5, 5.41) is 15.6. The van der Waals surface area contributed by atoms with Crippen LogP contribution in [0.5, 0.6) is 0 Å². The van der Waals surface area contributed by atoms with Crippen LogP contribution in [-0.4, -0.2) is 34.1 Å². The molecule has 1 aliphatic rings. The lowest BCUT2D eigenvalue weighted by molar-refractivity contribution is 0.0683. The van der Waals surface area contributed by atoms with Crippen molar-refractivity contribution in [3.05, 3.63) is 17.1 Å². The number of aromatic carboxylic acids is 1. The molecule has 3 N–H and O–H groups in total. The second kappa shape index (κ2) is 6.47. The van der Waals surface area contributed by atoms with E-state index >= 15 is 0 Å². The van der Waals surface area contributed by atoms with Crippen molar-refractivity contribution in [1.29, 1.82) is 0 Å². The van der Waals surface area contributed by atoms with Crippen molar-refractivity contribution in [3.8, 4) is 0 Å². The SMILES string of the molecule is CCCCCNc1nc(C(=O)O)nc2c1CNCC2. The molecule has 0 saturated carbocycles. The van der Waals surface area contributed by atoms with E-state index in [0.717, 1.165) is 50.0 Å². The molecular formula is C13H20N4O2. The molecule has 2 heterocycles. The Kier molecular flexibility index (Phi) is 4.68. The van der Waals surface area contributed by atoms with Crippen LogP contribution < -0.4 is 10.6 Å². The molecule has 0 amide bonds. The molecule has 6 heteroatoms. The Bertz CT molecular complexity index is 462. The highest BCUT2D eigenvalue weighted by Crippen LogP contribution is 2.20. The lowest BCUT2D eigenvalue weighted by Crippen LogP contribution is -2.27. The lowest BCUT2D eigenvalue weighted by atomic mass is 10.1. The van der Waals surface area contributed by atoms with Crippen molar-refractivity contribution < 1.29 is 9.90 Å². The molecule has 0 aromatic carbocycles. The Labute approximate surface area is 112 Å². The first-order valence-corrected chi connectivity index (χ1v) is 6.80. The fourth-order valence-corrected chi connectivity index (χ4v) is 2.17. The van der Waals surface area contributed by atoms with Gasteiger partial charge in [-0.2, -0.15) is 0 Å². The predicted octanol–water partition coefficient (Wildman–Crippen LogP) is 1.42. The van der Waals surface area contributed by atoms with Crippen molar-refractivity contribution >= 4 is 11.8 Å². The van der Waals surface area contributed by atoms with Crippen molar-refractivity contribution in [2.24, 2.45) is 0 Å². The molecule has 1 aromatic heterocycles. The minimum Gasteiger partial charge on any atom is -0.475 e. The molecule has 0 unspecified atom stereocenters. The molecule has 0 spiro atoms. The monoisotopic (exact) mass is 264 g/mol. The second-order valence-electron chi connectivity index (χ2n) is 4.69. The molecule has 0 fully saturated rings. The van der Waals surface area contributed by atoms with E-state index in [1.807, 2.05) is 0 Å². The van der Waals surface area contributed by atoms with E-state index in [0.29, 0.717) is 12.4 Å². The van der Waals surface area contributed by atoms with Crippen LogP contribution in [0.2, 0.25) is 0 Å². The average molecular weight is 264 g/mol. The maximum Gasteiger partial charge on any atom is 0.374 e. The largest absolute Gasteiger partial charge is 0.475 e. The first-order valence-electron chi connectivity index (χ1n) is 6.80. The number of hydrogen-bond acceptors (Lipinski definition) is 5. The number of aromatic nitrogens is 2. The van der Waals surface area contributed by atoms with Crippen LogP contribution in [0.3, 0.4) is 0 Å². The van der Waals surface area contributed by atoms with Gasteiger partial charge in [-0.25, -0.2) is 14.8 Å². The maximum atomic E-state index is 11.0. The average Bonchev–Trinajstić information content (AvgIpc) is 2.43. The number of anilines is 1. The third-order valence-corrected chi connectivity index (χ3v) is 3.20. The number of fused-ring (bicyclic) bond motifs is 1. The van der Waals surface area contributed by atoms with E-state index in [1.165, 1.54) is 0 Å². The summed E-state index contributed by atoms with van der Waals surface area (Å²) >= 11 is 0. The Morgan fingerprint density at radius 1 is 1.42 bits per heavy atom. The van der Waals surface area contributed by atoms with Crippen molar-refractivity contribution in [2.45, 2.75) is 39.2 Å². The summed E-state index contributed by atoms with van der Waals surface area (Å²) in [4.78, 5) is 19.3. The van der Waals surface area contributed by atoms with Crippen molar-refractivity contribution in [1.82, 2.24) is 15.3 Å². The van der Waals surface area contributed by atoms with Gasteiger partial charge in [-0.3, -0.25) is 0 Å². The zero-order chi connectivity index (χ0) is 13.7. The third-order valence-electron chi connectivity index (χ3n) is 3.20. The number of nitrogens with zero attached hydrogens (tertiary/aromatic N) is 2. The van der Waals surface area contributed by atoms with Gasteiger partial charge >= 0.3 is 5.97 Å². The molecule has 19 heavy (non-hydrogen) atoms. The summed E-state index contributed by atoms with van der Waals surface area (Å²) in [5.41, 5.74) is 1.86. The Morgan fingerprint density at radius 3 is 3.00 bits per heavy atom. The van der Waals surface area contributed by atoms with Crippen LogP contribution in [0.1, 0.15) is 48.1 Å². The van der Waals surface area contributed by atoms with E-state index in [2.05, 4.69) is 27.5 Å². The zero-order valence-electron chi connectivity index (χ0n) is 11.2. The number of carboxylic acid groups (broad SMARTS) is 1. The Hall–Kier alpha value is -1.69. The van der Waals surface area contributed by atoms with Gasteiger partial charge in [-0.15, -0.1) is 0 Å². The number of hydrogen-bond donors (Lipinski definition) is 3. The molecule has 1 aliphatic heterocycles. The van der Waals surface area contributed by atoms with Crippen LogP contribution in [0, 0.1) is 0 Å². The minimum atomic E-state index is -1.07. The molecule has 1 aromatic rings. The molecular weight excluding hydrogens is 244 g/mol. The molecule has 104 valence electrons. The first kappa shape index (κ1) is 13.7. The van der Waals surface area contributed by atoms with Crippen LogP contribution in [0.25, 0.3) is 0 Å². The van der Waals surface area contributed by atoms with E-state index in [4.69, 9.17) is 5.11 Å². The number of unbranched alkanes of at least 4 members (excludes halogenated alkanes) is 2. The first-order chi connectivity index (χ1) is 9.22. The number of carbonyl (C=O) groups is 1. The quantitative estimate of drug-likeness (QED) is 0.674. The molecule has 0 atom stereocenters. The zero-order valence-corrected chi connectivity index (χ0v) is 11.2. The van der Waals surface area contributed by atoms with Crippen LogP contribution in [-0.2, 0) is 13.0 Å². The van der Waals surface area contributed by atoms with Gasteiger partial charge in [0.25, 0.3) is 0 Å². The highest BCUT2D eigenvalue weighted by Gasteiger charge is 2.19. The van der Waals surface area contributed by atoms with Crippen LogP contribution in [0.15, 0.2) is 0 Å². The van der Waals surface area contributed by atoms with Gasteiger partial charge in [-0.1, -0.05) is 19.8 Å². The summed E-state index contributed by atoms with van der Waals surface area (Å²) in [6, 6.07) is 0. The van der Waals surface area contributed by atoms with Gasteiger partial charge in [0.05, 0.1) is 5.69 Å². The van der Waals surface area contributed by atoms with E-state index in [-0.39, 0.29) is 5.82 Å². The van der Waals surface area contributed by atoms with Gasteiger partial charge in [0.2, 0.25) is 5.82 Å². The summed E-state index contributed by atoms with van der Waals surface area (Å²) in [6.45, 7) is 4.50. The molecule has 6 nitrogen and oxygen atoms in total. The fraction of sp³-hybridized carbons (Fsp3) is 0.615. The highest BCUT2D eigenvalue weighted by molar-refractivity contribution is 5.83. The maximum absolute atomic E-state index is 11.0. The Morgan fingerprint density at radius 2 is 2.26 bits per heavy atom. The van der Waals surface area contributed by atoms with E-state index in [9.17, 15) is 4.79 Å². The molecule has 0 saturated heterocycles. The number of nitrogens with one attached hydrogen (secondary N) is 2. The summed E-state index contributed by atoms with van der Waals surface area (Å²) in [6.07, 6.45) is 4.13. The molecule has 0 bridgehead atoms. The Balaban J connectivity index is 2.18. The van der Waals surface area contributed by atoms with Gasteiger partial charge in [-0.05, 0) is 6.42 Å².